The minimum absolute atomic E-state index is 0.366. The van der Waals surface area contributed by atoms with Gasteiger partial charge in [-0.2, -0.15) is 0 Å². The Balaban J connectivity index is 2.17. The number of rotatable bonds is 3. The summed E-state index contributed by atoms with van der Waals surface area (Å²) in [6, 6.07) is 3.31. The van der Waals surface area contributed by atoms with Gasteiger partial charge in [-0.3, -0.25) is 4.98 Å². The summed E-state index contributed by atoms with van der Waals surface area (Å²) in [6.07, 6.45) is 3.88. The Labute approximate surface area is 93.0 Å². The molecule has 0 saturated carbocycles. The molecule has 0 spiro atoms. The molecule has 1 fully saturated rings. The third-order valence-electron chi connectivity index (χ3n) is 2.65. The maximum atomic E-state index is 11.3. The summed E-state index contributed by atoms with van der Waals surface area (Å²) in [5.74, 6) is -0.410. The van der Waals surface area contributed by atoms with Crippen LogP contribution in [0.2, 0.25) is 0 Å². The largest absolute Gasteiger partial charge is 0.478 e. The predicted molar refractivity (Wildman–Crippen MR) is 55.3 cm³/mol. The molecule has 16 heavy (non-hydrogen) atoms. The van der Waals surface area contributed by atoms with E-state index in [9.17, 15) is 9.90 Å². The summed E-state index contributed by atoms with van der Waals surface area (Å²) >= 11 is 0. The quantitative estimate of drug-likeness (QED) is 0.830. The number of nitrogens with zero attached hydrogens (tertiary/aromatic N) is 1. The van der Waals surface area contributed by atoms with Crippen LogP contribution in [0.1, 0.15) is 12.8 Å². The van der Waals surface area contributed by atoms with Gasteiger partial charge < -0.3 is 14.6 Å². The van der Waals surface area contributed by atoms with E-state index in [1.54, 1.807) is 24.5 Å². The van der Waals surface area contributed by atoms with Crippen molar-refractivity contribution in [3.63, 3.8) is 0 Å². The molecule has 1 N–H and O–H groups in total. The van der Waals surface area contributed by atoms with Gasteiger partial charge in [0.2, 0.25) is 5.60 Å². The minimum atomic E-state index is -1.15. The summed E-state index contributed by atoms with van der Waals surface area (Å²) in [6.45, 7) is 0.828. The first-order valence-corrected chi connectivity index (χ1v) is 5.13. The SMILES string of the molecule is O=C(O)C1(Oc2ccncc2)CCOCC1. The number of carboxylic acids is 1. The fourth-order valence-electron chi connectivity index (χ4n) is 1.69. The Kier molecular flexibility index (Phi) is 3.05. The molecule has 1 saturated heterocycles. The second-order valence-corrected chi connectivity index (χ2v) is 3.70. The molecule has 0 aliphatic carbocycles. The van der Waals surface area contributed by atoms with E-state index < -0.39 is 11.6 Å². The topological polar surface area (TPSA) is 68.7 Å². The van der Waals surface area contributed by atoms with E-state index in [1.807, 2.05) is 0 Å². The van der Waals surface area contributed by atoms with E-state index in [0.717, 1.165) is 0 Å². The fourth-order valence-corrected chi connectivity index (χ4v) is 1.69. The minimum Gasteiger partial charge on any atom is -0.478 e. The number of pyridine rings is 1. The third-order valence-corrected chi connectivity index (χ3v) is 2.65. The molecular weight excluding hydrogens is 210 g/mol. The fraction of sp³-hybridized carbons (Fsp3) is 0.455. The highest BCUT2D eigenvalue weighted by atomic mass is 16.5. The molecule has 0 aromatic carbocycles. The van der Waals surface area contributed by atoms with Crippen molar-refractivity contribution in [2.75, 3.05) is 13.2 Å². The lowest BCUT2D eigenvalue weighted by atomic mass is 9.94. The van der Waals surface area contributed by atoms with Crippen molar-refractivity contribution < 1.29 is 19.4 Å². The van der Waals surface area contributed by atoms with Gasteiger partial charge in [0.1, 0.15) is 5.75 Å². The van der Waals surface area contributed by atoms with Crippen molar-refractivity contribution >= 4 is 5.97 Å². The first-order chi connectivity index (χ1) is 7.73. The molecule has 1 aliphatic rings. The first-order valence-electron chi connectivity index (χ1n) is 5.13. The van der Waals surface area contributed by atoms with Gasteiger partial charge in [-0.05, 0) is 12.1 Å². The number of carbonyl (C=O) groups is 1. The van der Waals surface area contributed by atoms with Crippen LogP contribution < -0.4 is 4.74 Å². The monoisotopic (exact) mass is 223 g/mol. The van der Waals surface area contributed by atoms with E-state index in [0.29, 0.717) is 31.8 Å². The zero-order valence-corrected chi connectivity index (χ0v) is 8.76. The molecule has 0 atom stereocenters. The average Bonchev–Trinajstić information content (AvgIpc) is 2.31. The molecule has 1 aromatic heterocycles. The molecule has 1 aliphatic heterocycles. The summed E-state index contributed by atoms with van der Waals surface area (Å²) in [4.78, 5) is 15.1. The second kappa shape index (κ2) is 4.49. The Hall–Kier alpha value is -1.62. The lowest BCUT2D eigenvalue weighted by Crippen LogP contribution is -2.49. The van der Waals surface area contributed by atoms with E-state index in [-0.39, 0.29) is 0 Å². The Bertz CT molecular complexity index is 360. The van der Waals surface area contributed by atoms with Gasteiger partial charge >= 0.3 is 5.97 Å². The van der Waals surface area contributed by atoms with Gasteiger partial charge in [0.15, 0.2) is 0 Å². The van der Waals surface area contributed by atoms with Crippen molar-refractivity contribution in [2.45, 2.75) is 18.4 Å². The number of ether oxygens (including phenoxy) is 2. The highest BCUT2D eigenvalue weighted by Crippen LogP contribution is 2.27. The van der Waals surface area contributed by atoms with Crippen molar-refractivity contribution in [2.24, 2.45) is 0 Å². The third kappa shape index (κ3) is 2.14. The van der Waals surface area contributed by atoms with Crippen molar-refractivity contribution in [3.05, 3.63) is 24.5 Å². The normalized spacial score (nSPS) is 19.0. The zero-order valence-electron chi connectivity index (χ0n) is 8.76. The van der Waals surface area contributed by atoms with Crippen LogP contribution in [0.4, 0.5) is 0 Å². The standard InChI is InChI=1S/C11H13NO4/c13-10(14)11(3-7-15-8-4-11)16-9-1-5-12-6-2-9/h1-2,5-6H,3-4,7-8H2,(H,13,14). The molecule has 2 heterocycles. The van der Waals surface area contributed by atoms with Crippen molar-refractivity contribution in [3.8, 4) is 5.75 Å². The predicted octanol–water partition coefficient (Wildman–Crippen LogP) is 1.09. The molecule has 1 aromatic rings. The zero-order chi connectivity index (χ0) is 11.4. The van der Waals surface area contributed by atoms with Crippen LogP contribution in [0.25, 0.3) is 0 Å². The highest BCUT2D eigenvalue weighted by Gasteiger charge is 2.42. The molecule has 0 amide bonds. The Morgan fingerprint density at radius 1 is 1.38 bits per heavy atom. The molecule has 0 radical (unpaired) electrons. The van der Waals surface area contributed by atoms with Crippen LogP contribution in [-0.4, -0.2) is 34.9 Å². The molecule has 0 bridgehead atoms. The molecule has 0 unspecified atom stereocenters. The van der Waals surface area contributed by atoms with Gasteiger partial charge in [0.05, 0.1) is 13.2 Å². The molecule has 86 valence electrons. The first kappa shape index (κ1) is 10.9. The van der Waals surface area contributed by atoms with E-state index >= 15 is 0 Å². The summed E-state index contributed by atoms with van der Waals surface area (Å²) in [7, 11) is 0. The van der Waals surface area contributed by atoms with Gasteiger partial charge in [0, 0.05) is 25.2 Å². The number of aromatic nitrogens is 1. The molecule has 5 heteroatoms. The van der Waals surface area contributed by atoms with Crippen LogP contribution in [0.15, 0.2) is 24.5 Å². The molecule has 5 nitrogen and oxygen atoms in total. The van der Waals surface area contributed by atoms with Gasteiger partial charge in [-0.1, -0.05) is 0 Å². The summed E-state index contributed by atoms with van der Waals surface area (Å²) in [5.41, 5.74) is -1.15. The van der Waals surface area contributed by atoms with Crippen LogP contribution in [-0.2, 0) is 9.53 Å². The summed E-state index contributed by atoms with van der Waals surface area (Å²) in [5, 5.41) is 9.25. The van der Waals surface area contributed by atoms with Gasteiger partial charge in [-0.25, -0.2) is 4.79 Å². The molecule has 2 rings (SSSR count). The van der Waals surface area contributed by atoms with Crippen LogP contribution in [0, 0.1) is 0 Å². The van der Waals surface area contributed by atoms with E-state index in [2.05, 4.69) is 4.98 Å². The number of hydrogen-bond donors (Lipinski definition) is 1. The Morgan fingerprint density at radius 3 is 2.56 bits per heavy atom. The van der Waals surface area contributed by atoms with Crippen molar-refractivity contribution in [1.29, 1.82) is 0 Å². The van der Waals surface area contributed by atoms with Gasteiger partial charge in [0.25, 0.3) is 0 Å². The average molecular weight is 223 g/mol. The van der Waals surface area contributed by atoms with E-state index in [1.165, 1.54) is 0 Å². The number of hydrogen-bond acceptors (Lipinski definition) is 4. The number of carboxylic acid groups (broad SMARTS) is 1. The maximum Gasteiger partial charge on any atom is 0.348 e. The lowest BCUT2D eigenvalue weighted by molar-refractivity contribution is -0.163. The van der Waals surface area contributed by atoms with Gasteiger partial charge in [-0.15, -0.1) is 0 Å². The smallest absolute Gasteiger partial charge is 0.348 e. The Morgan fingerprint density at radius 2 is 2.00 bits per heavy atom. The number of aliphatic carboxylic acids is 1. The maximum absolute atomic E-state index is 11.3. The summed E-state index contributed by atoms with van der Waals surface area (Å²) < 4.78 is 10.7. The van der Waals surface area contributed by atoms with Crippen LogP contribution >= 0.6 is 0 Å². The lowest BCUT2D eigenvalue weighted by Gasteiger charge is -2.33. The highest BCUT2D eigenvalue weighted by molar-refractivity contribution is 5.78. The van der Waals surface area contributed by atoms with Crippen LogP contribution in [0.3, 0.4) is 0 Å². The molecular formula is C11H13NO4. The van der Waals surface area contributed by atoms with Crippen LogP contribution in [0.5, 0.6) is 5.75 Å². The van der Waals surface area contributed by atoms with Crippen molar-refractivity contribution in [1.82, 2.24) is 4.98 Å². The second-order valence-electron chi connectivity index (χ2n) is 3.70. The van der Waals surface area contributed by atoms with E-state index in [4.69, 9.17) is 9.47 Å².